The van der Waals surface area contributed by atoms with Crippen LogP contribution in [0.15, 0.2) is 116 Å². The first-order valence-corrected chi connectivity index (χ1v) is 11.2. The fourth-order valence-electron chi connectivity index (χ4n) is 4.14. The Kier molecular flexibility index (Phi) is 6.34. The molecule has 5 aromatic rings. The van der Waals surface area contributed by atoms with Crippen LogP contribution in [0.5, 0.6) is 5.75 Å². The molecule has 5 rings (SSSR count). The van der Waals surface area contributed by atoms with E-state index in [4.69, 9.17) is 4.74 Å². The van der Waals surface area contributed by atoms with Crippen molar-refractivity contribution in [1.82, 2.24) is 9.97 Å². The van der Waals surface area contributed by atoms with Gasteiger partial charge in [-0.25, -0.2) is 9.13 Å². The summed E-state index contributed by atoms with van der Waals surface area (Å²) in [5.41, 5.74) is 6.96. The van der Waals surface area contributed by atoms with E-state index in [1.165, 1.54) is 11.1 Å². The van der Waals surface area contributed by atoms with Gasteiger partial charge in [0.1, 0.15) is 5.75 Å². The molecule has 0 N–H and O–H groups in total. The van der Waals surface area contributed by atoms with Gasteiger partial charge in [0.15, 0.2) is 37.9 Å². The molecule has 0 aliphatic rings. The number of hydrogen-bond acceptors (Lipinski definition) is 3. The largest absolute Gasteiger partial charge is 0.496 e. The van der Waals surface area contributed by atoms with Gasteiger partial charge in [0.25, 0.3) is 0 Å². The van der Waals surface area contributed by atoms with Crippen LogP contribution in [-0.2, 0) is 13.1 Å². The van der Waals surface area contributed by atoms with Crippen LogP contribution < -0.4 is 13.9 Å². The van der Waals surface area contributed by atoms with Gasteiger partial charge in [-0.3, -0.25) is 9.97 Å². The van der Waals surface area contributed by atoms with E-state index in [1.54, 1.807) is 7.11 Å². The fourth-order valence-corrected chi connectivity index (χ4v) is 4.14. The van der Waals surface area contributed by atoms with Gasteiger partial charge in [-0.1, -0.05) is 6.07 Å². The van der Waals surface area contributed by atoms with Crippen molar-refractivity contribution in [3.8, 4) is 28.0 Å². The van der Waals surface area contributed by atoms with Crippen molar-refractivity contribution in [2.45, 2.75) is 13.1 Å². The van der Waals surface area contributed by atoms with Gasteiger partial charge in [0, 0.05) is 49.1 Å². The summed E-state index contributed by atoms with van der Waals surface area (Å²) in [6, 6.07) is 23.0. The molecule has 0 amide bonds. The molecule has 166 valence electrons. The van der Waals surface area contributed by atoms with E-state index in [0.29, 0.717) is 0 Å². The van der Waals surface area contributed by atoms with Crippen LogP contribution in [0, 0.1) is 0 Å². The first kappa shape index (κ1) is 21.5. The van der Waals surface area contributed by atoms with E-state index in [-0.39, 0.29) is 0 Å². The second-order valence-electron chi connectivity index (χ2n) is 8.10. The van der Waals surface area contributed by atoms with E-state index in [2.05, 4.69) is 86.4 Å². The Hall–Kier alpha value is -4.38. The maximum Gasteiger partial charge on any atom is 0.177 e. The van der Waals surface area contributed by atoms with Crippen LogP contribution in [0.1, 0.15) is 11.1 Å². The molecule has 0 bridgehead atoms. The van der Waals surface area contributed by atoms with Gasteiger partial charge in [0.05, 0.1) is 18.2 Å². The van der Waals surface area contributed by atoms with Crippen LogP contribution in [0.2, 0.25) is 0 Å². The average molecular weight is 447 g/mol. The highest BCUT2D eigenvalue weighted by Crippen LogP contribution is 2.24. The molecule has 4 heterocycles. The van der Waals surface area contributed by atoms with Crippen molar-refractivity contribution in [1.29, 1.82) is 0 Å². The topological polar surface area (TPSA) is 42.8 Å². The van der Waals surface area contributed by atoms with Gasteiger partial charge in [-0.15, -0.1) is 0 Å². The summed E-state index contributed by atoms with van der Waals surface area (Å²) in [4.78, 5) is 8.19. The molecule has 5 heteroatoms. The smallest absolute Gasteiger partial charge is 0.177 e. The standard InChI is InChI=1S/C29H26N4O/c1-34-29-27(21-32-17-9-25(10-18-32)23-5-13-30-14-6-23)3-2-4-28(29)22-33-19-11-26(12-20-33)24-7-15-31-16-8-24/h2-20H,21-22H2,1H3/q+2. The van der Waals surface area contributed by atoms with Gasteiger partial charge in [-0.05, 0) is 58.7 Å². The summed E-state index contributed by atoms with van der Waals surface area (Å²) in [6.45, 7) is 1.47. The number of rotatable bonds is 7. The number of ether oxygens (including phenoxy) is 1. The highest BCUT2D eigenvalue weighted by atomic mass is 16.5. The van der Waals surface area contributed by atoms with Crippen LogP contribution in [-0.4, -0.2) is 17.1 Å². The summed E-state index contributed by atoms with van der Waals surface area (Å²) in [5, 5.41) is 0. The first-order chi connectivity index (χ1) is 16.8. The van der Waals surface area contributed by atoms with E-state index in [0.717, 1.165) is 41.1 Å². The van der Waals surface area contributed by atoms with Crippen molar-refractivity contribution >= 4 is 0 Å². The van der Waals surface area contributed by atoms with Crippen molar-refractivity contribution in [2.24, 2.45) is 0 Å². The Morgan fingerprint density at radius 2 is 0.941 bits per heavy atom. The molecule has 0 radical (unpaired) electrons. The van der Waals surface area contributed by atoms with Crippen molar-refractivity contribution in [2.75, 3.05) is 7.11 Å². The normalized spacial score (nSPS) is 10.7. The second kappa shape index (κ2) is 10.0. The van der Waals surface area contributed by atoms with Gasteiger partial charge < -0.3 is 4.74 Å². The van der Waals surface area contributed by atoms with Crippen molar-refractivity contribution in [3.05, 3.63) is 127 Å². The zero-order valence-electron chi connectivity index (χ0n) is 19.1. The first-order valence-electron chi connectivity index (χ1n) is 11.2. The number of methoxy groups -OCH3 is 1. The predicted molar refractivity (Wildman–Crippen MR) is 131 cm³/mol. The predicted octanol–water partition coefficient (Wildman–Crippen LogP) is 4.49. The molecular weight excluding hydrogens is 420 g/mol. The molecule has 0 saturated heterocycles. The third-order valence-electron chi connectivity index (χ3n) is 5.90. The Morgan fingerprint density at radius 3 is 1.32 bits per heavy atom. The molecule has 0 aliphatic heterocycles. The Labute approximate surface area is 199 Å². The molecule has 4 aromatic heterocycles. The summed E-state index contributed by atoms with van der Waals surface area (Å²) in [5.74, 6) is 0.930. The molecule has 0 fully saturated rings. The number of nitrogens with zero attached hydrogens (tertiary/aromatic N) is 4. The number of aromatic nitrogens is 4. The SMILES string of the molecule is COc1c(C[n+]2ccc(-c3ccncc3)cc2)cccc1C[n+]1ccc(-c2ccncc2)cc1. The van der Waals surface area contributed by atoms with Crippen LogP contribution in [0.4, 0.5) is 0 Å². The molecular formula is C29H26N4O+2. The summed E-state index contributed by atoms with van der Waals surface area (Å²) >= 11 is 0. The minimum Gasteiger partial charge on any atom is -0.496 e. The molecule has 0 spiro atoms. The summed E-state index contributed by atoms with van der Waals surface area (Å²) in [7, 11) is 1.75. The molecule has 0 saturated carbocycles. The molecule has 5 nitrogen and oxygen atoms in total. The minimum atomic E-state index is 0.735. The number of hydrogen-bond donors (Lipinski definition) is 0. The van der Waals surface area contributed by atoms with Crippen LogP contribution >= 0.6 is 0 Å². The van der Waals surface area contributed by atoms with E-state index in [1.807, 2.05) is 49.1 Å². The minimum absolute atomic E-state index is 0.735. The zero-order valence-corrected chi connectivity index (χ0v) is 19.1. The lowest BCUT2D eigenvalue weighted by atomic mass is 10.1. The highest BCUT2D eigenvalue weighted by Gasteiger charge is 2.16. The lowest BCUT2D eigenvalue weighted by Gasteiger charge is -2.11. The Bertz CT molecular complexity index is 1250. The van der Waals surface area contributed by atoms with Gasteiger partial charge in [-0.2, -0.15) is 0 Å². The van der Waals surface area contributed by atoms with Gasteiger partial charge >= 0.3 is 0 Å². The fraction of sp³-hybridized carbons (Fsp3) is 0.103. The maximum atomic E-state index is 5.87. The Balaban J connectivity index is 1.34. The number of benzene rings is 1. The third-order valence-corrected chi connectivity index (χ3v) is 5.90. The molecule has 34 heavy (non-hydrogen) atoms. The molecule has 1 aromatic carbocycles. The van der Waals surface area contributed by atoms with Gasteiger partial charge in [0.2, 0.25) is 0 Å². The summed E-state index contributed by atoms with van der Waals surface area (Å²) in [6.07, 6.45) is 15.7. The van der Waals surface area contributed by atoms with Crippen LogP contribution in [0.3, 0.4) is 0 Å². The number of pyridine rings is 4. The molecule has 0 aliphatic carbocycles. The highest BCUT2D eigenvalue weighted by molar-refractivity contribution is 5.62. The quantitative estimate of drug-likeness (QED) is 0.346. The second-order valence-corrected chi connectivity index (χ2v) is 8.10. The molecule has 0 atom stereocenters. The Morgan fingerprint density at radius 1 is 0.559 bits per heavy atom. The average Bonchev–Trinajstić information content (AvgIpc) is 2.91. The molecule has 0 unspecified atom stereocenters. The third kappa shape index (κ3) is 4.84. The van der Waals surface area contributed by atoms with Crippen molar-refractivity contribution in [3.63, 3.8) is 0 Å². The zero-order chi connectivity index (χ0) is 23.2. The summed E-state index contributed by atoms with van der Waals surface area (Å²) < 4.78 is 10.2. The van der Waals surface area contributed by atoms with Crippen molar-refractivity contribution < 1.29 is 13.9 Å². The number of para-hydroxylation sites is 1. The monoisotopic (exact) mass is 446 g/mol. The van der Waals surface area contributed by atoms with E-state index in [9.17, 15) is 0 Å². The lowest BCUT2D eigenvalue weighted by molar-refractivity contribution is -0.689. The van der Waals surface area contributed by atoms with Crippen LogP contribution in [0.25, 0.3) is 22.3 Å². The van der Waals surface area contributed by atoms with E-state index >= 15 is 0 Å². The van der Waals surface area contributed by atoms with E-state index < -0.39 is 0 Å². The lowest BCUT2D eigenvalue weighted by Crippen LogP contribution is -2.35. The maximum absolute atomic E-state index is 5.87.